The number of halogens is 1. The lowest BCUT2D eigenvalue weighted by molar-refractivity contribution is 0.483. The summed E-state index contributed by atoms with van der Waals surface area (Å²) in [6, 6.07) is 14.0. The van der Waals surface area contributed by atoms with Gasteiger partial charge in [0.05, 0.1) is 10.5 Å². The smallest absolute Gasteiger partial charge is 0.269 e. The van der Waals surface area contributed by atoms with Gasteiger partial charge < -0.3 is 10.1 Å². The number of ether oxygens (including phenoxy) is 1. The van der Waals surface area contributed by atoms with Crippen molar-refractivity contribution < 1.29 is 13.2 Å². The summed E-state index contributed by atoms with van der Waals surface area (Å²) < 4.78 is 33.8. The Kier molecular flexibility index (Phi) is 5.51. The zero-order valence-electron chi connectivity index (χ0n) is 16.5. The number of aromatic nitrogens is 2. The molecule has 0 spiro atoms. The summed E-state index contributed by atoms with van der Waals surface area (Å²) in [7, 11) is -2.01. The van der Waals surface area contributed by atoms with Crippen molar-refractivity contribution in [3.05, 3.63) is 83.3 Å². The molecule has 1 N–H and O–H groups in total. The second-order valence-electron chi connectivity index (χ2n) is 6.89. The van der Waals surface area contributed by atoms with Crippen LogP contribution >= 0.6 is 11.6 Å². The molecule has 2 aromatic carbocycles. The minimum atomic E-state index is -3.82. The van der Waals surface area contributed by atoms with Crippen LogP contribution in [0.2, 0.25) is 5.02 Å². The van der Waals surface area contributed by atoms with E-state index in [9.17, 15) is 8.42 Å². The van der Waals surface area contributed by atoms with Gasteiger partial charge in [0.1, 0.15) is 16.4 Å². The molecule has 0 saturated heterocycles. The monoisotopic (exact) mass is 441 g/mol. The van der Waals surface area contributed by atoms with E-state index in [2.05, 4.69) is 10.3 Å². The standard InChI is InChI=1S/C22H20ClN3O3S/c1-15-5-8-22(20(23)10-15)29-17-6-7-19-16(12-24-2)14-26(21(19)11-17)30(27,28)18-4-3-9-25-13-18/h3-11,13-14,24H,12H2,1-2H3. The fourth-order valence-electron chi connectivity index (χ4n) is 3.27. The molecular weight excluding hydrogens is 422 g/mol. The van der Waals surface area contributed by atoms with Gasteiger partial charge in [-0.05, 0) is 61.5 Å². The number of hydrogen-bond donors (Lipinski definition) is 1. The molecule has 0 radical (unpaired) electrons. The minimum absolute atomic E-state index is 0.116. The summed E-state index contributed by atoms with van der Waals surface area (Å²) in [5.74, 6) is 0.996. The van der Waals surface area contributed by atoms with Gasteiger partial charge in [0.15, 0.2) is 0 Å². The number of nitrogens with zero attached hydrogens (tertiary/aromatic N) is 2. The maximum Gasteiger partial charge on any atom is 0.269 e. The molecule has 0 unspecified atom stereocenters. The van der Waals surface area contributed by atoms with Crippen molar-refractivity contribution in [2.75, 3.05) is 7.05 Å². The second-order valence-corrected chi connectivity index (χ2v) is 9.11. The van der Waals surface area contributed by atoms with Crippen molar-refractivity contribution in [2.24, 2.45) is 0 Å². The molecule has 2 heterocycles. The van der Waals surface area contributed by atoms with Crippen molar-refractivity contribution >= 4 is 32.5 Å². The van der Waals surface area contributed by atoms with E-state index in [1.54, 1.807) is 30.5 Å². The predicted octanol–water partition coefficient (Wildman–Crippen LogP) is 4.75. The summed E-state index contributed by atoms with van der Waals surface area (Å²) in [6.45, 7) is 2.47. The fraction of sp³-hybridized carbons (Fsp3) is 0.136. The van der Waals surface area contributed by atoms with Gasteiger partial charge in [0.2, 0.25) is 0 Å². The van der Waals surface area contributed by atoms with E-state index >= 15 is 0 Å². The van der Waals surface area contributed by atoms with Crippen LogP contribution in [-0.4, -0.2) is 24.4 Å². The van der Waals surface area contributed by atoms with Gasteiger partial charge in [-0.25, -0.2) is 12.4 Å². The highest BCUT2D eigenvalue weighted by molar-refractivity contribution is 7.90. The third kappa shape index (κ3) is 3.79. The maximum absolute atomic E-state index is 13.3. The number of hydrogen-bond acceptors (Lipinski definition) is 5. The summed E-state index contributed by atoms with van der Waals surface area (Å²) >= 11 is 6.29. The first-order valence-electron chi connectivity index (χ1n) is 9.28. The van der Waals surface area contributed by atoms with E-state index in [1.807, 2.05) is 32.2 Å². The quantitative estimate of drug-likeness (QED) is 0.467. The highest BCUT2D eigenvalue weighted by atomic mass is 35.5. The van der Waals surface area contributed by atoms with Gasteiger partial charge in [-0.3, -0.25) is 4.98 Å². The molecule has 4 rings (SSSR count). The Morgan fingerprint density at radius 3 is 2.70 bits per heavy atom. The molecule has 0 aliphatic carbocycles. The van der Waals surface area contributed by atoms with Crippen LogP contribution in [-0.2, 0) is 16.6 Å². The van der Waals surface area contributed by atoms with Crippen molar-refractivity contribution in [1.29, 1.82) is 0 Å². The van der Waals surface area contributed by atoms with E-state index in [0.717, 1.165) is 16.5 Å². The zero-order valence-corrected chi connectivity index (χ0v) is 18.0. The molecule has 2 aromatic heterocycles. The van der Waals surface area contributed by atoms with Crippen LogP contribution in [0.25, 0.3) is 10.9 Å². The van der Waals surface area contributed by atoms with Gasteiger partial charge in [0.25, 0.3) is 10.0 Å². The van der Waals surface area contributed by atoms with Gasteiger partial charge in [-0.1, -0.05) is 17.7 Å². The lowest BCUT2D eigenvalue weighted by Gasteiger charge is -2.10. The fourth-order valence-corrected chi connectivity index (χ4v) is 4.89. The topological polar surface area (TPSA) is 73.2 Å². The van der Waals surface area contributed by atoms with Gasteiger partial charge in [-0.2, -0.15) is 0 Å². The molecule has 30 heavy (non-hydrogen) atoms. The SMILES string of the molecule is CNCc1cn(S(=O)(=O)c2cccnc2)c2cc(Oc3ccc(C)cc3Cl)ccc12. The molecule has 0 saturated carbocycles. The van der Waals surface area contributed by atoms with Crippen LogP contribution in [0, 0.1) is 6.92 Å². The van der Waals surface area contributed by atoms with Gasteiger partial charge in [0, 0.05) is 36.6 Å². The minimum Gasteiger partial charge on any atom is -0.456 e. The number of rotatable bonds is 6. The van der Waals surface area contributed by atoms with E-state index in [-0.39, 0.29) is 4.90 Å². The second kappa shape index (κ2) is 8.10. The molecule has 154 valence electrons. The number of fused-ring (bicyclic) bond motifs is 1. The summed E-state index contributed by atoms with van der Waals surface area (Å²) in [5, 5.41) is 4.39. The molecule has 0 amide bonds. The molecule has 0 atom stereocenters. The lowest BCUT2D eigenvalue weighted by Crippen LogP contribution is -2.12. The van der Waals surface area contributed by atoms with Crippen LogP contribution in [0.4, 0.5) is 0 Å². The Morgan fingerprint density at radius 1 is 1.17 bits per heavy atom. The van der Waals surface area contributed by atoms with Gasteiger partial charge >= 0.3 is 0 Å². The molecule has 8 heteroatoms. The molecule has 0 fully saturated rings. The van der Waals surface area contributed by atoms with Crippen LogP contribution in [0.3, 0.4) is 0 Å². The Labute approximate surface area is 180 Å². The Morgan fingerprint density at radius 2 is 2.00 bits per heavy atom. The average molecular weight is 442 g/mol. The maximum atomic E-state index is 13.3. The summed E-state index contributed by atoms with van der Waals surface area (Å²) in [5.41, 5.74) is 2.40. The van der Waals surface area contributed by atoms with Crippen molar-refractivity contribution in [2.45, 2.75) is 18.4 Å². The van der Waals surface area contributed by atoms with E-state index < -0.39 is 10.0 Å². The Hall–Kier alpha value is -2.87. The number of aryl methyl sites for hydroxylation is 1. The third-order valence-electron chi connectivity index (χ3n) is 4.70. The number of nitrogens with one attached hydrogen (secondary N) is 1. The zero-order chi connectivity index (χ0) is 21.3. The first-order chi connectivity index (χ1) is 14.4. The number of benzene rings is 2. The van der Waals surface area contributed by atoms with Crippen LogP contribution in [0.15, 0.2) is 72.0 Å². The van der Waals surface area contributed by atoms with E-state index in [0.29, 0.717) is 28.6 Å². The predicted molar refractivity (Wildman–Crippen MR) is 118 cm³/mol. The molecule has 6 nitrogen and oxygen atoms in total. The highest BCUT2D eigenvalue weighted by Crippen LogP contribution is 2.34. The summed E-state index contributed by atoms with van der Waals surface area (Å²) in [6.07, 6.45) is 4.51. The van der Waals surface area contributed by atoms with Crippen LogP contribution in [0.1, 0.15) is 11.1 Å². The highest BCUT2D eigenvalue weighted by Gasteiger charge is 2.22. The normalized spacial score (nSPS) is 11.7. The van der Waals surface area contributed by atoms with E-state index in [4.69, 9.17) is 16.3 Å². The van der Waals surface area contributed by atoms with Crippen molar-refractivity contribution in [3.63, 3.8) is 0 Å². The van der Waals surface area contributed by atoms with Crippen molar-refractivity contribution in [3.8, 4) is 11.5 Å². The van der Waals surface area contributed by atoms with Crippen molar-refractivity contribution in [1.82, 2.24) is 14.3 Å². The number of pyridine rings is 1. The Bertz CT molecular complexity index is 1320. The molecule has 0 aliphatic heterocycles. The van der Waals surface area contributed by atoms with E-state index in [1.165, 1.54) is 22.4 Å². The summed E-state index contributed by atoms with van der Waals surface area (Å²) in [4.78, 5) is 4.06. The molecule has 4 aromatic rings. The first kappa shape index (κ1) is 20.4. The molecule has 0 bridgehead atoms. The van der Waals surface area contributed by atoms with Crippen LogP contribution < -0.4 is 10.1 Å². The molecule has 0 aliphatic rings. The molecular formula is C22H20ClN3O3S. The Balaban J connectivity index is 1.85. The average Bonchev–Trinajstić information content (AvgIpc) is 3.10. The lowest BCUT2D eigenvalue weighted by atomic mass is 10.1. The first-order valence-corrected chi connectivity index (χ1v) is 11.1. The third-order valence-corrected chi connectivity index (χ3v) is 6.65. The largest absolute Gasteiger partial charge is 0.456 e. The van der Waals surface area contributed by atoms with Gasteiger partial charge in [-0.15, -0.1) is 0 Å². The van der Waals surface area contributed by atoms with Crippen LogP contribution in [0.5, 0.6) is 11.5 Å².